The van der Waals surface area contributed by atoms with Gasteiger partial charge in [-0.3, -0.25) is 4.79 Å². The van der Waals surface area contributed by atoms with Crippen LogP contribution in [0.3, 0.4) is 0 Å². The van der Waals surface area contributed by atoms with Crippen molar-refractivity contribution >= 4 is 34.7 Å². The molecule has 0 aliphatic heterocycles. The summed E-state index contributed by atoms with van der Waals surface area (Å²) in [6.07, 6.45) is 3.42. The Hall–Kier alpha value is -3.49. The molecule has 30 heavy (non-hydrogen) atoms. The van der Waals surface area contributed by atoms with Gasteiger partial charge in [-0.15, -0.1) is 0 Å². The summed E-state index contributed by atoms with van der Waals surface area (Å²) in [6, 6.07) is 13.1. The molecule has 152 valence electrons. The average Bonchev–Trinajstić information content (AvgIpc) is 3.18. The van der Waals surface area contributed by atoms with E-state index < -0.39 is 5.82 Å². The minimum absolute atomic E-state index is 0.0161. The van der Waals surface area contributed by atoms with Gasteiger partial charge in [-0.05, 0) is 42.0 Å². The SMILES string of the molecule is O=C(NCCO)c1cccc(-c2cnn3ccc(Nc4ccc(F)c(Cl)c4)nc23)c1. The number of carbonyl (C=O) groups is 1. The van der Waals surface area contributed by atoms with E-state index in [-0.39, 0.29) is 24.1 Å². The lowest BCUT2D eigenvalue weighted by atomic mass is 10.1. The Morgan fingerprint density at radius 3 is 2.87 bits per heavy atom. The van der Waals surface area contributed by atoms with Gasteiger partial charge >= 0.3 is 0 Å². The van der Waals surface area contributed by atoms with E-state index in [0.717, 1.165) is 11.1 Å². The molecule has 0 unspecified atom stereocenters. The molecule has 0 radical (unpaired) electrons. The van der Waals surface area contributed by atoms with E-state index in [9.17, 15) is 9.18 Å². The summed E-state index contributed by atoms with van der Waals surface area (Å²) < 4.78 is 15.0. The maximum atomic E-state index is 13.4. The monoisotopic (exact) mass is 425 g/mol. The molecule has 0 bridgehead atoms. The molecular formula is C21H17ClFN5O2. The van der Waals surface area contributed by atoms with Gasteiger partial charge < -0.3 is 15.7 Å². The summed E-state index contributed by atoms with van der Waals surface area (Å²) in [4.78, 5) is 16.8. The number of aliphatic hydroxyl groups is 1. The molecule has 0 aliphatic rings. The van der Waals surface area contributed by atoms with Gasteiger partial charge in [0, 0.05) is 29.6 Å². The number of anilines is 2. The Balaban J connectivity index is 1.66. The molecule has 4 aromatic rings. The summed E-state index contributed by atoms with van der Waals surface area (Å²) in [5.41, 5.74) is 3.17. The van der Waals surface area contributed by atoms with Gasteiger partial charge in [0.25, 0.3) is 5.91 Å². The van der Waals surface area contributed by atoms with Crippen LogP contribution in [0.4, 0.5) is 15.9 Å². The minimum atomic E-state index is -0.494. The van der Waals surface area contributed by atoms with E-state index in [4.69, 9.17) is 16.7 Å². The summed E-state index contributed by atoms with van der Waals surface area (Å²) in [7, 11) is 0. The van der Waals surface area contributed by atoms with E-state index in [1.165, 1.54) is 12.1 Å². The summed E-state index contributed by atoms with van der Waals surface area (Å²) in [6.45, 7) is 0.0577. The molecule has 2 aromatic carbocycles. The number of halogens is 2. The second kappa shape index (κ2) is 8.48. The molecule has 7 nitrogen and oxygen atoms in total. The van der Waals surface area contributed by atoms with Gasteiger partial charge in [0.1, 0.15) is 11.6 Å². The highest BCUT2D eigenvalue weighted by atomic mass is 35.5. The number of nitrogens with one attached hydrogen (secondary N) is 2. The van der Waals surface area contributed by atoms with Crippen LogP contribution in [-0.4, -0.2) is 38.8 Å². The largest absolute Gasteiger partial charge is 0.395 e. The first-order valence-corrected chi connectivity index (χ1v) is 9.49. The van der Waals surface area contributed by atoms with E-state index in [1.54, 1.807) is 47.2 Å². The molecular weight excluding hydrogens is 409 g/mol. The maximum absolute atomic E-state index is 13.4. The Kier molecular flexibility index (Phi) is 5.60. The van der Waals surface area contributed by atoms with Crippen LogP contribution < -0.4 is 10.6 Å². The van der Waals surface area contributed by atoms with Crippen molar-refractivity contribution in [2.75, 3.05) is 18.5 Å². The van der Waals surface area contributed by atoms with Crippen LogP contribution >= 0.6 is 11.6 Å². The number of aliphatic hydroxyl groups excluding tert-OH is 1. The normalized spacial score (nSPS) is 10.9. The quantitative estimate of drug-likeness (QED) is 0.438. The number of amides is 1. The number of carbonyl (C=O) groups excluding carboxylic acids is 1. The Bertz CT molecular complexity index is 1230. The molecule has 4 rings (SSSR count). The minimum Gasteiger partial charge on any atom is -0.395 e. The molecule has 0 atom stereocenters. The number of hydrogen-bond donors (Lipinski definition) is 3. The van der Waals surface area contributed by atoms with Crippen LogP contribution in [0.25, 0.3) is 16.8 Å². The van der Waals surface area contributed by atoms with Crippen molar-refractivity contribution in [2.45, 2.75) is 0 Å². The first kappa shape index (κ1) is 19.8. The third kappa shape index (κ3) is 4.10. The molecule has 0 saturated heterocycles. The van der Waals surface area contributed by atoms with Crippen molar-refractivity contribution < 1.29 is 14.3 Å². The van der Waals surface area contributed by atoms with E-state index in [0.29, 0.717) is 22.7 Å². The standard InChI is InChI=1S/C21H17ClFN5O2/c22-17-11-15(4-5-18(17)23)26-19-6-8-28-20(27-19)16(12-25-28)13-2-1-3-14(10-13)21(30)24-7-9-29/h1-6,8,10-12,29H,7,9H2,(H,24,30)(H,26,27). The van der Waals surface area contributed by atoms with Gasteiger partial charge in [0.2, 0.25) is 0 Å². The maximum Gasteiger partial charge on any atom is 0.251 e. The van der Waals surface area contributed by atoms with Crippen molar-refractivity contribution in [1.29, 1.82) is 0 Å². The fourth-order valence-corrected chi connectivity index (χ4v) is 3.14. The summed E-state index contributed by atoms with van der Waals surface area (Å²) in [5, 5.41) is 18.9. The average molecular weight is 426 g/mol. The van der Waals surface area contributed by atoms with Crippen LogP contribution in [0.5, 0.6) is 0 Å². The fourth-order valence-electron chi connectivity index (χ4n) is 2.96. The lowest BCUT2D eigenvalue weighted by Gasteiger charge is -2.08. The van der Waals surface area contributed by atoms with E-state index >= 15 is 0 Å². The van der Waals surface area contributed by atoms with Crippen LogP contribution in [-0.2, 0) is 0 Å². The molecule has 9 heteroatoms. The predicted molar refractivity (Wildman–Crippen MR) is 113 cm³/mol. The van der Waals surface area contributed by atoms with E-state index in [1.807, 2.05) is 6.07 Å². The zero-order chi connectivity index (χ0) is 21.1. The smallest absolute Gasteiger partial charge is 0.251 e. The van der Waals surface area contributed by atoms with Crippen molar-refractivity contribution in [1.82, 2.24) is 19.9 Å². The molecule has 1 amide bonds. The number of fused-ring (bicyclic) bond motifs is 1. The first-order valence-electron chi connectivity index (χ1n) is 9.11. The highest BCUT2D eigenvalue weighted by molar-refractivity contribution is 6.31. The van der Waals surface area contributed by atoms with Gasteiger partial charge in [-0.25, -0.2) is 13.9 Å². The Morgan fingerprint density at radius 2 is 2.07 bits per heavy atom. The van der Waals surface area contributed by atoms with Gasteiger partial charge in [0.15, 0.2) is 5.65 Å². The van der Waals surface area contributed by atoms with Crippen LogP contribution in [0.1, 0.15) is 10.4 Å². The highest BCUT2D eigenvalue weighted by Crippen LogP contribution is 2.27. The van der Waals surface area contributed by atoms with Gasteiger partial charge in [-0.2, -0.15) is 5.10 Å². The van der Waals surface area contributed by atoms with Crippen LogP contribution in [0.15, 0.2) is 60.9 Å². The molecule has 0 saturated carbocycles. The number of aromatic nitrogens is 3. The number of nitrogens with zero attached hydrogens (tertiary/aromatic N) is 3. The second-order valence-electron chi connectivity index (χ2n) is 6.45. The fraction of sp³-hybridized carbons (Fsp3) is 0.0952. The van der Waals surface area contributed by atoms with Crippen molar-refractivity contribution in [3.8, 4) is 11.1 Å². The third-order valence-electron chi connectivity index (χ3n) is 4.39. The van der Waals surface area contributed by atoms with Crippen molar-refractivity contribution in [3.63, 3.8) is 0 Å². The third-order valence-corrected chi connectivity index (χ3v) is 4.68. The van der Waals surface area contributed by atoms with Gasteiger partial charge in [0.05, 0.1) is 17.8 Å². The molecule has 0 aliphatic carbocycles. The predicted octanol–water partition coefficient (Wildman–Crippen LogP) is 3.65. The lowest BCUT2D eigenvalue weighted by molar-refractivity contribution is 0.0945. The summed E-state index contributed by atoms with van der Waals surface area (Å²) in [5.74, 6) is -0.235. The van der Waals surface area contributed by atoms with Crippen LogP contribution in [0.2, 0.25) is 5.02 Å². The van der Waals surface area contributed by atoms with Gasteiger partial charge in [-0.1, -0.05) is 23.7 Å². The number of benzene rings is 2. The summed E-state index contributed by atoms with van der Waals surface area (Å²) >= 11 is 5.84. The first-order chi connectivity index (χ1) is 14.5. The van der Waals surface area contributed by atoms with Crippen molar-refractivity contribution in [2.24, 2.45) is 0 Å². The van der Waals surface area contributed by atoms with Crippen LogP contribution in [0, 0.1) is 5.82 Å². The topological polar surface area (TPSA) is 91.5 Å². The lowest BCUT2D eigenvalue weighted by Crippen LogP contribution is -2.26. The molecule has 3 N–H and O–H groups in total. The van der Waals surface area contributed by atoms with Crippen molar-refractivity contribution in [3.05, 3.63) is 77.3 Å². The number of rotatable bonds is 6. The molecule has 0 spiro atoms. The number of hydrogen-bond acceptors (Lipinski definition) is 5. The Morgan fingerprint density at radius 1 is 1.20 bits per heavy atom. The Labute approximate surface area is 176 Å². The molecule has 2 aromatic heterocycles. The highest BCUT2D eigenvalue weighted by Gasteiger charge is 2.12. The zero-order valence-electron chi connectivity index (χ0n) is 15.6. The van der Waals surface area contributed by atoms with E-state index in [2.05, 4.69) is 20.7 Å². The molecule has 2 heterocycles. The second-order valence-corrected chi connectivity index (χ2v) is 6.86. The molecule has 0 fully saturated rings. The zero-order valence-corrected chi connectivity index (χ0v) is 16.4.